The lowest BCUT2D eigenvalue weighted by Crippen LogP contribution is -2.48. The molecule has 3 N–H and O–H groups in total. The minimum Gasteiger partial charge on any atom is -0.351 e. The van der Waals surface area contributed by atoms with E-state index in [0.29, 0.717) is 10.7 Å². The summed E-state index contributed by atoms with van der Waals surface area (Å²) in [6, 6.07) is 10.7. The third-order valence-electron chi connectivity index (χ3n) is 6.82. The number of anilines is 2. The summed E-state index contributed by atoms with van der Waals surface area (Å²) < 4.78 is 66.7. The molecule has 0 radical (unpaired) electrons. The number of nitrogens with zero attached hydrogens (tertiary/aromatic N) is 2. The summed E-state index contributed by atoms with van der Waals surface area (Å²) in [6.45, 7) is 0. The molecule has 1 fully saturated rings. The van der Waals surface area contributed by atoms with Gasteiger partial charge >= 0.3 is 12.1 Å². The monoisotopic (exact) mass is 591 g/mol. The molecule has 2 amide bonds. The second kappa shape index (κ2) is 11.1. The topological polar surface area (TPSA) is 96.0 Å². The van der Waals surface area contributed by atoms with Gasteiger partial charge in [0.2, 0.25) is 5.95 Å². The molecule has 2 unspecified atom stereocenters. The van der Waals surface area contributed by atoms with E-state index in [1.54, 1.807) is 5.32 Å². The van der Waals surface area contributed by atoms with Crippen LogP contribution in [0.2, 0.25) is 5.02 Å². The van der Waals surface area contributed by atoms with Crippen LogP contribution in [0.25, 0.3) is 5.57 Å². The van der Waals surface area contributed by atoms with E-state index in [2.05, 4.69) is 20.6 Å². The number of amides is 2. The number of carbonyl (C=O) groups is 2. The van der Waals surface area contributed by atoms with Gasteiger partial charge in [-0.15, -0.1) is 0 Å². The van der Waals surface area contributed by atoms with Crippen molar-refractivity contribution in [3.05, 3.63) is 88.2 Å². The van der Waals surface area contributed by atoms with Crippen molar-refractivity contribution in [3.63, 3.8) is 0 Å². The lowest BCUT2D eigenvalue weighted by molar-refractivity contribution is -0.167. The van der Waals surface area contributed by atoms with Gasteiger partial charge in [0, 0.05) is 41.7 Å². The van der Waals surface area contributed by atoms with Crippen molar-refractivity contribution in [2.24, 2.45) is 0 Å². The van der Waals surface area contributed by atoms with Crippen LogP contribution < -0.4 is 16.0 Å². The summed E-state index contributed by atoms with van der Waals surface area (Å²) in [5.74, 6) is -5.81. The smallest absolute Gasteiger partial charge is 0.351 e. The zero-order valence-corrected chi connectivity index (χ0v) is 22.0. The maximum absolute atomic E-state index is 14.7. The number of halogens is 6. The molecule has 5 rings (SSSR count). The van der Waals surface area contributed by atoms with Crippen LogP contribution in [-0.4, -0.2) is 46.0 Å². The minimum absolute atomic E-state index is 0.0317. The van der Waals surface area contributed by atoms with Crippen LogP contribution in [0.15, 0.2) is 60.8 Å². The first-order valence-electron chi connectivity index (χ1n) is 12.6. The van der Waals surface area contributed by atoms with Gasteiger partial charge in [-0.1, -0.05) is 41.9 Å². The molecule has 1 heterocycles. The van der Waals surface area contributed by atoms with Gasteiger partial charge in [0.15, 0.2) is 0 Å². The Morgan fingerprint density at radius 2 is 1.71 bits per heavy atom. The third-order valence-corrected chi connectivity index (χ3v) is 7.10. The number of allylic oxidation sites excluding steroid dienone is 1. The Labute approximate surface area is 236 Å². The van der Waals surface area contributed by atoms with E-state index in [-0.39, 0.29) is 23.6 Å². The van der Waals surface area contributed by atoms with Crippen molar-refractivity contribution in [2.75, 3.05) is 10.6 Å². The molecule has 2 aliphatic carbocycles. The number of alkyl halides is 5. The third kappa shape index (κ3) is 6.64. The van der Waals surface area contributed by atoms with Crippen molar-refractivity contribution in [3.8, 4) is 0 Å². The second-order valence-corrected chi connectivity index (χ2v) is 10.3. The number of aromatic nitrogens is 2. The van der Waals surface area contributed by atoms with Gasteiger partial charge < -0.3 is 16.0 Å². The molecular weight excluding hydrogens is 569 g/mol. The number of carbonyl (C=O) groups excluding carboxylic acids is 2. The van der Waals surface area contributed by atoms with Crippen molar-refractivity contribution in [2.45, 2.75) is 49.9 Å². The molecule has 1 saturated carbocycles. The van der Waals surface area contributed by atoms with Crippen molar-refractivity contribution < 1.29 is 31.5 Å². The van der Waals surface area contributed by atoms with E-state index in [0.717, 1.165) is 35.3 Å². The highest BCUT2D eigenvalue weighted by atomic mass is 35.5. The van der Waals surface area contributed by atoms with E-state index < -0.39 is 48.8 Å². The largest absolute Gasteiger partial charge is 0.471 e. The predicted molar refractivity (Wildman–Crippen MR) is 143 cm³/mol. The molecule has 41 heavy (non-hydrogen) atoms. The van der Waals surface area contributed by atoms with E-state index in [1.165, 1.54) is 18.3 Å². The van der Waals surface area contributed by atoms with Crippen molar-refractivity contribution in [1.82, 2.24) is 15.3 Å². The average Bonchev–Trinajstić information content (AvgIpc) is 3.33. The molecule has 0 aliphatic heterocycles. The van der Waals surface area contributed by atoms with Gasteiger partial charge in [-0.05, 0) is 48.2 Å². The molecular formula is C28H23ClF5N5O2. The van der Waals surface area contributed by atoms with Gasteiger partial charge in [-0.3, -0.25) is 9.59 Å². The first kappa shape index (κ1) is 28.5. The van der Waals surface area contributed by atoms with Gasteiger partial charge in [0.25, 0.3) is 11.8 Å². The fraction of sp³-hybridized carbons (Fsp3) is 0.286. The van der Waals surface area contributed by atoms with Crippen LogP contribution in [0.4, 0.5) is 33.6 Å². The average molecular weight is 592 g/mol. The Balaban J connectivity index is 1.25. The van der Waals surface area contributed by atoms with Gasteiger partial charge in [-0.2, -0.15) is 13.2 Å². The maximum atomic E-state index is 14.7. The van der Waals surface area contributed by atoms with Gasteiger partial charge in [0.05, 0.1) is 16.9 Å². The zero-order chi connectivity index (χ0) is 29.4. The van der Waals surface area contributed by atoms with Crippen molar-refractivity contribution >= 4 is 40.6 Å². The fourth-order valence-electron chi connectivity index (χ4n) is 5.03. The summed E-state index contributed by atoms with van der Waals surface area (Å²) in [6.07, 6.45) is -1.88. The number of benzene rings is 2. The fourth-order valence-corrected chi connectivity index (χ4v) is 5.22. The molecule has 0 spiro atoms. The first-order chi connectivity index (χ1) is 19.4. The number of nitrogens with one attached hydrogen (secondary N) is 3. The molecule has 2 atom stereocenters. The molecule has 214 valence electrons. The van der Waals surface area contributed by atoms with Gasteiger partial charge in [-0.25, -0.2) is 18.7 Å². The summed E-state index contributed by atoms with van der Waals surface area (Å²) in [7, 11) is 0. The van der Waals surface area contributed by atoms with E-state index >= 15 is 0 Å². The van der Waals surface area contributed by atoms with Crippen LogP contribution in [0.3, 0.4) is 0 Å². The quantitative estimate of drug-likeness (QED) is 0.305. The first-order valence-corrected chi connectivity index (χ1v) is 13.0. The van der Waals surface area contributed by atoms with E-state index in [4.69, 9.17) is 11.6 Å². The molecule has 2 aromatic carbocycles. The summed E-state index contributed by atoms with van der Waals surface area (Å²) in [5, 5.41) is 7.52. The predicted octanol–water partition coefficient (Wildman–Crippen LogP) is 6.02. The molecule has 13 heteroatoms. The maximum Gasteiger partial charge on any atom is 0.471 e. The Hall–Kier alpha value is -4.06. The molecule has 3 aromatic rings. The molecule has 1 aromatic heterocycles. The van der Waals surface area contributed by atoms with Crippen LogP contribution in [0.5, 0.6) is 0 Å². The molecule has 0 bridgehead atoms. The number of fused-ring (bicyclic) bond motifs is 1. The lowest BCUT2D eigenvalue weighted by Gasteiger charge is -2.35. The highest BCUT2D eigenvalue weighted by molar-refractivity contribution is 6.32. The van der Waals surface area contributed by atoms with E-state index in [9.17, 15) is 31.5 Å². The summed E-state index contributed by atoms with van der Waals surface area (Å²) in [5.41, 5.74) is 3.29. The Morgan fingerprint density at radius 1 is 1.00 bits per heavy atom. The van der Waals surface area contributed by atoms with Crippen LogP contribution in [0, 0.1) is 0 Å². The summed E-state index contributed by atoms with van der Waals surface area (Å²) in [4.78, 5) is 32.5. The number of hydrogen-bond donors (Lipinski definition) is 3. The van der Waals surface area contributed by atoms with Gasteiger partial charge in [0.1, 0.15) is 0 Å². The second-order valence-electron chi connectivity index (χ2n) is 9.91. The highest BCUT2D eigenvalue weighted by Gasteiger charge is 2.42. The van der Waals surface area contributed by atoms with Crippen LogP contribution in [-0.2, 0) is 11.2 Å². The lowest BCUT2D eigenvalue weighted by atomic mass is 9.87. The minimum atomic E-state index is -5.06. The number of hydrogen-bond acceptors (Lipinski definition) is 5. The standard InChI is InChI=1S/C28H23ClF5N5O2/c29-22-14-35-26(39-23(22)21-10-7-15-3-1-2-4-20(15)21)38-19-11-18(12-27(30,31)13-19)36-24(40)16-5-8-17(9-6-16)37-25(41)28(32,33)34/h1-6,8-10,14,18-19H,7,11-13H2,(H,36,40)(H,37,41)(H,35,38,39). The normalized spacial score (nSPS) is 19.6. The Morgan fingerprint density at radius 3 is 2.44 bits per heavy atom. The highest BCUT2D eigenvalue weighted by Crippen LogP contribution is 2.37. The number of rotatable bonds is 6. The van der Waals surface area contributed by atoms with Crippen molar-refractivity contribution in [1.29, 1.82) is 0 Å². The Kier molecular flexibility index (Phi) is 7.69. The van der Waals surface area contributed by atoms with E-state index in [1.807, 2.05) is 30.3 Å². The Bertz CT molecular complexity index is 1510. The summed E-state index contributed by atoms with van der Waals surface area (Å²) >= 11 is 6.39. The van der Waals surface area contributed by atoms with Crippen LogP contribution >= 0.6 is 11.6 Å². The zero-order valence-electron chi connectivity index (χ0n) is 21.2. The molecule has 7 nitrogen and oxygen atoms in total. The molecule has 2 aliphatic rings. The molecule has 0 saturated heterocycles. The SMILES string of the molecule is O=C(NC1CC(Nc2ncc(Cl)c(C3=CCc4ccccc43)n2)CC(F)(F)C1)c1ccc(NC(=O)C(F)(F)F)cc1. The van der Waals surface area contributed by atoms with Crippen LogP contribution in [0.1, 0.15) is 46.4 Å².